The molecule has 1 N–H and O–H groups in total. The molecule has 1 saturated heterocycles. The Bertz CT molecular complexity index is 751. The molecule has 2 aliphatic rings. The number of amides is 2. The molecule has 7 heteroatoms. The molecule has 1 atom stereocenters. The van der Waals surface area contributed by atoms with E-state index in [-0.39, 0.29) is 11.8 Å². The van der Waals surface area contributed by atoms with E-state index in [9.17, 15) is 9.59 Å². The number of ether oxygens (including phenoxy) is 1. The molecule has 3 rings (SSSR count). The number of carbonyl (C=O) groups is 2. The second-order valence-corrected chi connectivity index (χ2v) is 8.25. The molecule has 0 radical (unpaired) electrons. The van der Waals surface area contributed by atoms with E-state index >= 15 is 0 Å². The molecule has 2 amide bonds. The van der Waals surface area contributed by atoms with Crippen LogP contribution in [0.5, 0.6) is 5.75 Å². The molecule has 0 bridgehead atoms. The fourth-order valence-corrected chi connectivity index (χ4v) is 3.49. The summed E-state index contributed by atoms with van der Waals surface area (Å²) in [6, 6.07) is 7.10. The van der Waals surface area contributed by atoms with E-state index in [1.165, 1.54) is 0 Å². The monoisotopic (exact) mass is 373 g/mol. The van der Waals surface area contributed by atoms with Crippen molar-refractivity contribution >= 4 is 23.2 Å². The number of likely N-dealkylation sites (tertiary alicyclic amines) is 1. The number of anilines is 1. The minimum Gasteiger partial charge on any atom is -0.497 e. The van der Waals surface area contributed by atoms with Crippen molar-refractivity contribution in [2.45, 2.75) is 45.6 Å². The van der Waals surface area contributed by atoms with E-state index in [1.807, 2.05) is 25.7 Å². The van der Waals surface area contributed by atoms with E-state index in [4.69, 9.17) is 9.57 Å². The second kappa shape index (κ2) is 7.21. The zero-order valence-corrected chi connectivity index (χ0v) is 16.4. The van der Waals surface area contributed by atoms with Crippen molar-refractivity contribution in [2.24, 2.45) is 10.6 Å². The Kier molecular flexibility index (Phi) is 5.13. The SMILES string of the molecule is COc1ccc(NC(=O)C2=NOC3(CCCN(C(=O)C(C)(C)C)C3)C2)cc1. The summed E-state index contributed by atoms with van der Waals surface area (Å²) in [5.74, 6) is 0.539. The Morgan fingerprint density at radius 3 is 2.59 bits per heavy atom. The first-order valence-corrected chi connectivity index (χ1v) is 9.22. The highest BCUT2D eigenvalue weighted by atomic mass is 16.7. The van der Waals surface area contributed by atoms with Crippen molar-refractivity contribution in [1.82, 2.24) is 4.90 Å². The largest absolute Gasteiger partial charge is 0.497 e. The standard InChI is InChI=1S/C20H27N3O4/c1-19(2,3)18(25)23-11-5-10-20(13-23)12-16(22-27-20)17(24)21-14-6-8-15(26-4)9-7-14/h6-9H,5,10-13H2,1-4H3,(H,21,24). The number of oxime groups is 1. The number of nitrogens with zero attached hydrogens (tertiary/aromatic N) is 2. The zero-order chi connectivity index (χ0) is 19.7. The molecule has 1 fully saturated rings. The van der Waals surface area contributed by atoms with Gasteiger partial charge in [0.1, 0.15) is 11.5 Å². The summed E-state index contributed by atoms with van der Waals surface area (Å²) < 4.78 is 5.11. The van der Waals surface area contributed by atoms with Crippen molar-refractivity contribution < 1.29 is 19.2 Å². The summed E-state index contributed by atoms with van der Waals surface area (Å²) in [5, 5.41) is 6.87. The van der Waals surface area contributed by atoms with E-state index < -0.39 is 11.0 Å². The van der Waals surface area contributed by atoms with Gasteiger partial charge in [0.05, 0.1) is 13.7 Å². The van der Waals surface area contributed by atoms with E-state index in [0.717, 1.165) is 18.6 Å². The molecule has 2 aliphatic heterocycles. The highest BCUT2D eigenvalue weighted by molar-refractivity contribution is 6.43. The Morgan fingerprint density at radius 1 is 1.26 bits per heavy atom. The van der Waals surface area contributed by atoms with Crippen molar-refractivity contribution in [3.05, 3.63) is 24.3 Å². The maximum absolute atomic E-state index is 12.6. The first-order valence-electron chi connectivity index (χ1n) is 9.22. The van der Waals surface area contributed by atoms with Gasteiger partial charge in [-0.05, 0) is 37.1 Å². The van der Waals surface area contributed by atoms with Gasteiger partial charge in [0, 0.05) is 24.1 Å². The van der Waals surface area contributed by atoms with Crippen molar-refractivity contribution in [1.29, 1.82) is 0 Å². The van der Waals surface area contributed by atoms with Crippen LogP contribution in [-0.4, -0.2) is 48.2 Å². The summed E-state index contributed by atoms with van der Waals surface area (Å²) in [4.78, 5) is 32.7. The number of methoxy groups -OCH3 is 1. The van der Waals surface area contributed by atoms with Gasteiger partial charge in [-0.1, -0.05) is 25.9 Å². The van der Waals surface area contributed by atoms with Crippen LogP contribution in [0.4, 0.5) is 5.69 Å². The Hall–Kier alpha value is -2.57. The van der Waals surface area contributed by atoms with Crippen LogP contribution in [0, 0.1) is 5.41 Å². The lowest BCUT2D eigenvalue weighted by Crippen LogP contribution is -2.53. The number of nitrogens with one attached hydrogen (secondary N) is 1. The number of hydrogen-bond donors (Lipinski definition) is 1. The number of piperidine rings is 1. The fraction of sp³-hybridized carbons (Fsp3) is 0.550. The molecular weight excluding hydrogens is 346 g/mol. The number of carbonyl (C=O) groups excluding carboxylic acids is 2. The summed E-state index contributed by atoms with van der Waals surface area (Å²) >= 11 is 0. The predicted molar refractivity (Wildman–Crippen MR) is 103 cm³/mol. The molecule has 146 valence electrons. The number of hydrogen-bond acceptors (Lipinski definition) is 5. The molecule has 7 nitrogen and oxygen atoms in total. The average molecular weight is 373 g/mol. The van der Waals surface area contributed by atoms with Crippen LogP contribution in [-0.2, 0) is 14.4 Å². The third-order valence-corrected chi connectivity index (χ3v) is 4.92. The fourth-order valence-electron chi connectivity index (χ4n) is 3.49. The van der Waals surface area contributed by atoms with Crippen molar-refractivity contribution in [2.75, 3.05) is 25.5 Å². The lowest BCUT2D eigenvalue weighted by molar-refractivity contribution is -0.148. The van der Waals surface area contributed by atoms with Gasteiger partial charge in [-0.25, -0.2) is 0 Å². The minimum atomic E-state index is -0.592. The van der Waals surface area contributed by atoms with Gasteiger partial charge in [0.15, 0.2) is 5.60 Å². The summed E-state index contributed by atoms with van der Waals surface area (Å²) in [6.45, 7) is 6.92. The highest BCUT2D eigenvalue weighted by Crippen LogP contribution is 2.35. The smallest absolute Gasteiger partial charge is 0.273 e. The summed E-state index contributed by atoms with van der Waals surface area (Å²) in [7, 11) is 1.59. The van der Waals surface area contributed by atoms with Crippen LogP contribution in [0.25, 0.3) is 0 Å². The number of benzene rings is 1. The minimum absolute atomic E-state index is 0.0984. The molecule has 0 aromatic heterocycles. The maximum atomic E-state index is 12.6. The maximum Gasteiger partial charge on any atom is 0.273 e. The normalized spacial score (nSPS) is 22.2. The molecule has 27 heavy (non-hydrogen) atoms. The van der Waals surface area contributed by atoms with E-state index in [2.05, 4.69) is 10.5 Å². The quantitative estimate of drug-likeness (QED) is 0.883. The molecule has 0 aliphatic carbocycles. The molecule has 1 spiro atoms. The van der Waals surface area contributed by atoms with E-state index in [1.54, 1.807) is 31.4 Å². The Balaban J connectivity index is 1.62. The zero-order valence-electron chi connectivity index (χ0n) is 16.4. The average Bonchev–Trinajstić information content (AvgIpc) is 3.04. The van der Waals surface area contributed by atoms with Gasteiger partial charge in [-0.2, -0.15) is 0 Å². The van der Waals surface area contributed by atoms with Crippen LogP contribution in [0.15, 0.2) is 29.4 Å². The van der Waals surface area contributed by atoms with Gasteiger partial charge < -0.3 is 19.8 Å². The van der Waals surface area contributed by atoms with Crippen LogP contribution in [0.3, 0.4) is 0 Å². The van der Waals surface area contributed by atoms with Gasteiger partial charge >= 0.3 is 0 Å². The molecule has 0 saturated carbocycles. The Morgan fingerprint density at radius 2 is 1.96 bits per heavy atom. The summed E-state index contributed by atoms with van der Waals surface area (Å²) in [6.07, 6.45) is 2.03. The Labute approximate surface area is 159 Å². The van der Waals surface area contributed by atoms with Crippen molar-refractivity contribution in [3.63, 3.8) is 0 Å². The third-order valence-electron chi connectivity index (χ3n) is 4.92. The lowest BCUT2D eigenvalue weighted by atomic mass is 9.86. The molecular formula is C20H27N3O4. The predicted octanol–water partition coefficient (Wildman–Crippen LogP) is 2.82. The van der Waals surface area contributed by atoms with Crippen LogP contribution in [0.2, 0.25) is 0 Å². The van der Waals surface area contributed by atoms with Crippen LogP contribution < -0.4 is 10.1 Å². The van der Waals surface area contributed by atoms with Gasteiger partial charge in [-0.3, -0.25) is 9.59 Å². The first-order chi connectivity index (χ1) is 12.7. The topological polar surface area (TPSA) is 80.2 Å². The number of rotatable bonds is 3. The molecule has 2 heterocycles. The molecule has 1 unspecified atom stereocenters. The molecule has 1 aromatic rings. The lowest BCUT2D eigenvalue weighted by Gasteiger charge is -2.40. The highest BCUT2D eigenvalue weighted by Gasteiger charge is 2.46. The van der Waals surface area contributed by atoms with Gasteiger partial charge in [-0.15, -0.1) is 0 Å². The van der Waals surface area contributed by atoms with Crippen molar-refractivity contribution in [3.8, 4) is 5.75 Å². The van der Waals surface area contributed by atoms with Gasteiger partial charge in [0.2, 0.25) is 5.91 Å². The molecule has 1 aromatic carbocycles. The summed E-state index contributed by atoms with van der Waals surface area (Å²) in [5.41, 5.74) is -0.00769. The van der Waals surface area contributed by atoms with E-state index in [0.29, 0.717) is 30.9 Å². The van der Waals surface area contributed by atoms with Gasteiger partial charge in [0.25, 0.3) is 5.91 Å². The first kappa shape index (κ1) is 19.2. The van der Waals surface area contributed by atoms with Crippen LogP contribution >= 0.6 is 0 Å². The second-order valence-electron chi connectivity index (χ2n) is 8.25. The third kappa shape index (κ3) is 4.23. The van der Waals surface area contributed by atoms with Crippen LogP contribution in [0.1, 0.15) is 40.0 Å².